The van der Waals surface area contributed by atoms with Crippen molar-refractivity contribution >= 4 is 0 Å². The van der Waals surface area contributed by atoms with Gasteiger partial charge in [0.2, 0.25) is 0 Å². The van der Waals surface area contributed by atoms with Gasteiger partial charge in [-0.3, -0.25) is 0 Å². The molecule has 2 fully saturated rings. The van der Waals surface area contributed by atoms with E-state index in [9.17, 15) is 5.11 Å². The molecule has 2 atom stereocenters. The van der Waals surface area contributed by atoms with Crippen molar-refractivity contribution in [2.75, 3.05) is 6.61 Å². The predicted molar refractivity (Wildman–Crippen MR) is 104 cm³/mol. The van der Waals surface area contributed by atoms with Crippen LogP contribution in [0.2, 0.25) is 0 Å². The van der Waals surface area contributed by atoms with Crippen molar-refractivity contribution in [1.29, 1.82) is 0 Å². The highest BCUT2D eigenvalue weighted by Gasteiger charge is 2.44. The Balaban J connectivity index is 1.42. The van der Waals surface area contributed by atoms with Crippen LogP contribution in [0.1, 0.15) is 116 Å². The highest BCUT2D eigenvalue weighted by Crippen LogP contribution is 2.38. The fourth-order valence-corrected chi connectivity index (χ4v) is 4.32. The summed E-state index contributed by atoms with van der Waals surface area (Å²) >= 11 is 0. The van der Waals surface area contributed by atoms with Gasteiger partial charge in [0, 0.05) is 12.8 Å². The van der Waals surface area contributed by atoms with Crippen molar-refractivity contribution in [2.45, 2.75) is 134 Å². The highest BCUT2D eigenvalue weighted by molar-refractivity contribution is 4.85. The second-order valence-corrected chi connectivity index (χ2v) is 8.33. The van der Waals surface area contributed by atoms with Crippen LogP contribution < -0.4 is 0 Å². The Morgan fingerprint density at radius 2 is 1.40 bits per heavy atom. The molecule has 1 spiro atoms. The Kier molecular flexibility index (Phi) is 10.4. The molecule has 3 nitrogen and oxygen atoms in total. The molecule has 2 rings (SSSR count). The van der Waals surface area contributed by atoms with Gasteiger partial charge in [-0.1, -0.05) is 84.0 Å². The van der Waals surface area contributed by atoms with E-state index in [-0.39, 0.29) is 18.0 Å². The molecule has 1 saturated heterocycles. The maximum atomic E-state index is 10.4. The van der Waals surface area contributed by atoms with Crippen LogP contribution in [0.25, 0.3) is 0 Å². The van der Waals surface area contributed by atoms with Crippen LogP contribution in [-0.2, 0) is 9.47 Å². The summed E-state index contributed by atoms with van der Waals surface area (Å²) in [6.07, 6.45) is 20.9. The van der Waals surface area contributed by atoms with Crippen molar-refractivity contribution in [2.24, 2.45) is 0 Å². The minimum atomic E-state index is -0.347. The first-order chi connectivity index (χ1) is 12.3. The van der Waals surface area contributed by atoms with E-state index in [1.807, 2.05) is 0 Å². The quantitative estimate of drug-likeness (QED) is 0.405. The van der Waals surface area contributed by atoms with E-state index >= 15 is 0 Å². The summed E-state index contributed by atoms with van der Waals surface area (Å²) in [5.74, 6) is -0.346. The number of aliphatic hydroxyl groups excluding tert-OH is 1. The molecular formula is C22H42O3. The highest BCUT2D eigenvalue weighted by atomic mass is 16.7. The summed E-state index contributed by atoms with van der Waals surface area (Å²) in [5.41, 5.74) is 0. The first-order valence-corrected chi connectivity index (χ1v) is 11.3. The normalized spacial score (nSPS) is 24.0. The maximum Gasteiger partial charge on any atom is 0.169 e. The van der Waals surface area contributed by atoms with Gasteiger partial charge in [0.25, 0.3) is 0 Å². The second-order valence-electron chi connectivity index (χ2n) is 8.33. The summed E-state index contributed by atoms with van der Waals surface area (Å²) in [4.78, 5) is 0. The minimum absolute atomic E-state index is 0.0961. The van der Waals surface area contributed by atoms with Gasteiger partial charge < -0.3 is 14.6 Å². The van der Waals surface area contributed by atoms with Gasteiger partial charge in [-0.05, 0) is 19.3 Å². The molecule has 0 radical (unpaired) electrons. The summed E-state index contributed by atoms with van der Waals surface area (Å²) < 4.78 is 12.1. The fraction of sp³-hybridized carbons (Fsp3) is 1.00. The summed E-state index contributed by atoms with van der Waals surface area (Å²) in [6, 6.07) is 0. The van der Waals surface area contributed by atoms with Crippen LogP contribution in [0, 0.1) is 0 Å². The van der Waals surface area contributed by atoms with Crippen molar-refractivity contribution in [1.82, 2.24) is 0 Å². The average Bonchev–Trinajstić information content (AvgIpc) is 3.03. The van der Waals surface area contributed by atoms with Crippen molar-refractivity contribution in [3.8, 4) is 0 Å². The lowest BCUT2D eigenvalue weighted by atomic mass is 9.94. The van der Waals surface area contributed by atoms with Crippen LogP contribution in [0.3, 0.4) is 0 Å². The van der Waals surface area contributed by atoms with Crippen LogP contribution in [0.5, 0.6) is 0 Å². The lowest BCUT2D eigenvalue weighted by Gasteiger charge is -2.32. The van der Waals surface area contributed by atoms with Gasteiger partial charge in [-0.2, -0.15) is 0 Å². The summed E-state index contributed by atoms with van der Waals surface area (Å²) in [7, 11) is 0. The third-order valence-corrected chi connectivity index (χ3v) is 6.02. The van der Waals surface area contributed by atoms with E-state index in [1.165, 1.54) is 83.5 Å². The Hall–Kier alpha value is -0.120. The zero-order chi connectivity index (χ0) is 17.8. The molecule has 1 heterocycles. The smallest absolute Gasteiger partial charge is 0.169 e. The molecule has 2 aliphatic rings. The van der Waals surface area contributed by atoms with Crippen LogP contribution in [0.4, 0.5) is 0 Å². The van der Waals surface area contributed by atoms with E-state index < -0.39 is 0 Å². The topological polar surface area (TPSA) is 38.7 Å². The number of rotatable bonds is 13. The van der Waals surface area contributed by atoms with E-state index in [0.717, 1.165) is 25.7 Å². The van der Waals surface area contributed by atoms with Gasteiger partial charge in [0.15, 0.2) is 5.79 Å². The van der Waals surface area contributed by atoms with Crippen molar-refractivity contribution in [3.63, 3.8) is 0 Å². The molecule has 3 heteroatoms. The second kappa shape index (κ2) is 12.3. The van der Waals surface area contributed by atoms with Gasteiger partial charge in [0.05, 0.1) is 12.7 Å². The number of ether oxygens (including phenoxy) is 2. The van der Waals surface area contributed by atoms with E-state index in [0.29, 0.717) is 6.61 Å². The number of hydrogen-bond donors (Lipinski definition) is 1. The van der Waals surface area contributed by atoms with Crippen molar-refractivity contribution in [3.05, 3.63) is 0 Å². The van der Waals surface area contributed by atoms with Crippen LogP contribution in [-0.4, -0.2) is 29.7 Å². The molecule has 0 bridgehead atoms. The molecule has 0 amide bonds. The Bertz CT molecular complexity index is 325. The molecule has 1 aliphatic carbocycles. The Morgan fingerprint density at radius 1 is 0.840 bits per heavy atom. The van der Waals surface area contributed by atoms with Crippen LogP contribution >= 0.6 is 0 Å². The molecule has 1 aliphatic heterocycles. The molecule has 0 aromatic rings. The molecule has 148 valence electrons. The number of unbranched alkanes of at least 4 members (excludes halogenated alkanes) is 10. The summed E-state index contributed by atoms with van der Waals surface area (Å²) in [6.45, 7) is 2.86. The third-order valence-electron chi connectivity index (χ3n) is 6.02. The molecule has 0 unspecified atom stereocenters. The standard InChI is InChI=1S/C22H42O3/c1-2-3-4-5-6-7-8-9-10-11-13-16-20(23)21-19-24-22(25-21)17-14-12-15-18-22/h20-21,23H,2-19H2,1H3/t20-,21+/m0/s1. The molecule has 0 aromatic carbocycles. The Morgan fingerprint density at radius 3 is 2.00 bits per heavy atom. The zero-order valence-corrected chi connectivity index (χ0v) is 16.6. The van der Waals surface area contributed by atoms with Gasteiger partial charge in [-0.25, -0.2) is 0 Å². The van der Waals surface area contributed by atoms with E-state index in [2.05, 4.69) is 6.92 Å². The van der Waals surface area contributed by atoms with Crippen LogP contribution in [0.15, 0.2) is 0 Å². The lowest BCUT2D eigenvalue weighted by molar-refractivity contribution is -0.195. The number of hydrogen-bond acceptors (Lipinski definition) is 3. The van der Waals surface area contributed by atoms with Gasteiger partial charge >= 0.3 is 0 Å². The van der Waals surface area contributed by atoms with E-state index in [4.69, 9.17) is 9.47 Å². The van der Waals surface area contributed by atoms with E-state index in [1.54, 1.807) is 0 Å². The average molecular weight is 355 g/mol. The first-order valence-electron chi connectivity index (χ1n) is 11.3. The monoisotopic (exact) mass is 354 g/mol. The molecule has 25 heavy (non-hydrogen) atoms. The SMILES string of the molecule is CCCCCCCCCCCCC[C@H](O)[C@H]1COC2(CCCCC2)O1. The zero-order valence-electron chi connectivity index (χ0n) is 16.6. The predicted octanol–water partition coefficient (Wildman–Crippen LogP) is 6.12. The first kappa shape index (κ1) is 21.2. The number of aliphatic hydroxyl groups is 1. The molecule has 1 saturated carbocycles. The molecular weight excluding hydrogens is 312 g/mol. The molecule has 1 N–H and O–H groups in total. The molecule has 0 aromatic heterocycles. The van der Waals surface area contributed by atoms with Crippen molar-refractivity contribution < 1.29 is 14.6 Å². The van der Waals surface area contributed by atoms with Gasteiger partial charge in [0.1, 0.15) is 6.10 Å². The van der Waals surface area contributed by atoms with Gasteiger partial charge in [-0.15, -0.1) is 0 Å². The lowest BCUT2D eigenvalue weighted by Crippen LogP contribution is -2.36. The fourth-order valence-electron chi connectivity index (χ4n) is 4.32. The minimum Gasteiger partial charge on any atom is -0.390 e. The maximum absolute atomic E-state index is 10.4. The Labute approximate surface area is 155 Å². The third kappa shape index (κ3) is 7.97. The largest absolute Gasteiger partial charge is 0.390 e. The summed E-state index contributed by atoms with van der Waals surface area (Å²) in [5, 5.41) is 10.4.